The van der Waals surface area contributed by atoms with E-state index in [0.29, 0.717) is 0 Å². The third-order valence-electron chi connectivity index (χ3n) is 12.2. The second-order valence-corrected chi connectivity index (χ2v) is 16.9. The van der Waals surface area contributed by atoms with Gasteiger partial charge in [-0.05, 0) is 107 Å². The van der Waals surface area contributed by atoms with Gasteiger partial charge in [-0.15, -0.1) is 0 Å². The summed E-state index contributed by atoms with van der Waals surface area (Å²) in [5.74, 6) is 0. The first-order valence-electron chi connectivity index (χ1n) is 19.6. The summed E-state index contributed by atoms with van der Waals surface area (Å²) in [5.41, 5.74) is 17.9. The molecule has 8 aromatic rings. The van der Waals surface area contributed by atoms with Gasteiger partial charge in [-0.1, -0.05) is 183 Å². The molecular weight excluding hydrogens is 697 g/mol. The van der Waals surface area contributed by atoms with E-state index in [0.717, 1.165) is 0 Å². The maximum Gasteiger partial charge on any atom is 0.104 e. The molecule has 2 unspecified atom stereocenters. The van der Waals surface area contributed by atoms with Crippen LogP contribution in [0, 0.1) is 0 Å². The van der Waals surface area contributed by atoms with Gasteiger partial charge in [-0.2, -0.15) is 0 Å². The largest absolute Gasteiger partial charge is 0.365 e. The molecule has 2 nitrogen and oxygen atoms in total. The van der Waals surface area contributed by atoms with Crippen LogP contribution >= 0.6 is 11.8 Å². The smallest absolute Gasteiger partial charge is 0.104 e. The van der Waals surface area contributed by atoms with Crippen molar-refractivity contribution in [1.29, 1.82) is 0 Å². The Labute approximate surface area is 333 Å². The molecule has 8 aromatic carbocycles. The van der Waals surface area contributed by atoms with E-state index in [9.17, 15) is 0 Å². The van der Waals surface area contributed by atoms with Crippen LogP contribution in [0.25, 0.3) is 61.0 Å². The summed E-state index contributed by atoms with van der Waals surface area (Å²) in [6, 6.07) is 67.1. The second-order valence-electron chi connectivity index (χ2n) is 15.8. The third kappa shape index (κ3) is 5.30. The Morgan fingerprint density at radius 3 is 1.93 bits per heavy atom. The summed E-state index contributed by atoms with van der Waals surface area (Å²) in [6.07, 6.45) is -0.0381. The molecule has 0 fully saturated rings. The zero-order chi connectivity index (χ0) is 37.4. The van der Waals surface area contributed by atoms with Crippen molar-refractivity contribution in [3.05, 3.63) is 215 Å². The highest BCUT2D eigenvalue weighted by atomic mass is 32.2. The highest BCUT2D eigenvalue weighted by molar-refractivity contribution is 8.03. The summed E-state index contributed by atoms with van der Waals surface area (Å²) in [4.78, 5) is 2.66. The van der Waals surface area contributed by atoms with E-state index >= 15 is 0 Å². The number of hydrogen-bond donors (Lipinski definition) is 2. The molecule has 268 valence electrons. The molecule has 2 atom stereocenters. The summed E-state index contributed by atoms with van der Waals surface area (Å²) in [7, 11) is 0. The van der Waals surface area contributed by atoms with E-state index in [-0.39, 0.29) is 17.6 Å². The molecule has 2 aliphatic heterocycles. The zero-order valence-corrected chi connectivity index (χ0v) is 32.2. The molecule has 3 heteroatoms. The van der Waals surface area contributed by atoms with E-state index in [1.165, 1.54) is 98.6 Å². The van der Waals surface area contributed by atoms with E-state index in [1.54, 1.807) is 0 Å². The van der Waals surface area contributed by atoms with Gasteiger partial charge in [-0.3, -0.25) is 5.32 Å². The molecule has 1 aliphatic carbocycles. The Hall–Kier alpha value is -6.13. The molecule has 0 aromatic heterocycles. The fourth-order valence-corrected chi connectivity index (χ4v) is 10.6. The molecule has 2 N–H and O–H groups in total. The van der Waals surface area contributed by atoms with E-state index in [1.807, 2.05) is 11.8 Å². The van der Waals surface area contributed by atoms with Gasteiger partial charge in [0.05, 0.1) is 11.7 Å². The molecule has 11 rings (SSSR count). The van der Waals surface area contributed by atoms with Crippen molar-refractivity contribution in [2.75, 3.05) is 0 Å². The number of benzene rings is 8. The predicted molar refractivity (Wildman–Crippen MR) is 235 cm³/mol. The van der Waals surface area contributed by atoms with Crippen molar-refractivity contribution in [2.24, 2.45) is 0 Å². The topological polar surface area (TPSA) is 24.1 Å². The van der Waals surface area contributed by atoms with E-state index in [4.69, 9.17) is 0 Å². The SMILES string of the molecule is CC1(C)c2cc(-c3ccc(-c4cccc(C5NC(c6ccccc6)=C6Sc7ccccc7C6N5)c4)cc3)ccc2-c2c1cc1ccccc1c2-c1ccccc1. The molecule has 0 amide bonds. The number of hydrogen-bond acceptors (Lipinski definition) is 3. The van der Waals surface area contributed by atoms with Gasteiger partial charge in [0.2, 0.25) is 0 Å². The van der Waals surface area contributed by atoms with Gasteiger partial charge in [0.25, 0.3) is 0 Å². The van der Waals surface area contributed by atoms with E-state index in [2.05, 4.69) is 206 Å². The van der Waals surface area contributed by atoms with Crippen LogP contribution in [0.5, 0.6) is 0 Å². The fourth-order valence-electron chi connectivity index (χ4n) is 9.31. The molecule has 0 spiro atoms. The summed E-state index contributed by atoms with van der Waals surface area (Å²) >= 11 is 1.88. The Kier molecular flexibility index (Phi) is 7.70. The minimum atomic E-state index is -0.134. The van der Waals surface area contributed by atoms with Gasteiger partial charge < -0.3 is 5.32 Å². The van der Waals surface area contributed by atoms with Gasteiger partial charge in [0.1, 0.15) is 6.17 Å². The number of fused-ring (bicyclic) bond motifs is 7. The van der Waals surface area contributed by atoms with Crippen molar-refractivity contribution in [3.63, 3.8) is 0 Å². The average Bonchev–Trinajstić information content (AvgIpc) is 3.74. The molecule has 56 heavy (non-hydrogen) atoms. The van der Waals surface area contributed by atoms with Crippen LogP contribution in [0.4, 0.5) is 0 Å². The van der Waals surface area contributed by atoms with Crippen LogP contribution < -0.4 is 10.6 Å². The molecule has 3 aliphatic rings. The quantitative estimate of drug-likeness (QED) is 0.184. The first-order valence-corrected chi connectivity index (χ1v) is 20.4. The molecule has 0 radical (unpaired) electrons. The van der Waals surface area contributed by atoms with Crippen LogP contribution in [0.2, 0.25) is 0 Å². The van der Waals surface area contributed by atoms with Crippen LogP contribution in [0.15, 0.2) is 192 Å². The average molecular weight is 737 g/mol. The number of rotatable bonds is 5. The molecule has 0 saturated heterocycles. The predicted octanol–water partition coefficient (Wildman–Crippen LogP) is 13.6. The second kappa shape index (κ2) is 13.0. The minimum Gasteiger partial charge on any atom is -0.365 e. The summed E-state index contributed by atoms with van der Waals surface area (Å²) in [5, 5.41) is 10.5. The van der Waals surface area contributed by atoms with Crippen molar-refractivity contribution in [2.45, 2.75) is 36.4 Å². The molecule has 2 heterocycles. The summed E-state index contributed by atoms with van der Waals surface area (Å²) < 4.78 is 0. The van der Waals surface area contributed by atoms with Crippen LogP contribution in [-0.4, -0.2) is 0 Å². The standard InChI is InChI=1S/C53H40N2S/c1-53(2)44-31-38(28-29-42(44)48-45(53)32-39-18-9-10-21-41(39)47(48)35-14-5-3-6-15-35)34-26-24-33(25-27-34)37-19-13-20-40(30-37)52-54-49(36-16-7-4-8-17-36)51-50(55-52)43-22-11-12-23-46(43)56-51/h3-32,50,52,54-55H,1-2H3. The summed E-state index contributed by atoms with van der Waals surface area (Å²) in [6.45, 7) is 4.78. The van der Waals surface area contributed by atoms with Crippen molar-refractivity contribution < 1.29 is 0 Å². The van der Waals surface area contributed by atoms with Crippen molar-refractivity contribution >= 4 is 28.2 Å². The van der Waals surface area contributed by atoms with Gasteiger partial charge in [-0.25, -0.2) is 0 Å². The molecular formula is C53H40N2S. The fraction of sp³-hybridized carbons (Fsp3) is 0.0943. The number of thioether (sulfide) groups is 1. The Balaban J connectivity index is 0.921. The van der Waals surface area contributed by atoms with Gasteiger partial charge in [0, 0.05) is 15.2 Å². The lowest BCUT2D eigenvalue weighted by Gasteiger charge is -2.34. The van der Waals surface area contributed by atoms with Crippen LogP contribution in [0.3, 0.4) is 0 Å². The Bertz CT molecular complexity index is 2850. The van der Waals surface area contributed by atoms with Gasteiger partial charge in [0.15, 0.2) is 0 Å². The first-order chi connectivity index (χ1) is 27.5. The minimum absolute atomic E-state index is 0.0381. The lowest BCUT2D eigenvalue weighted by molar-refractivity contribution is 0.439. The molecule has 0 saturated carbocycles. The van der Waals surface area contributed by atoms with Crippen molar-refractivity contribution in [3.8, 4) is 44.5 Å². The normalized spacial score (nSPS) is 17.5. The monoisotopic (exact) mass is 736 g/mol. The van der Waals surface area contributed by atoms with Crippen LogP contribution in [-0.2, 0) is 5.41 Å². The third-order valence-corrected chi connectivity index (χ3v) is 13.4. The van der Waals surface area contributed by atoms with E-state index < -0.39 is 0 Å². The Morgan fingerprint density at radius 2 is 1.14 bits per heavy atom. The Morgan fingerprint density at radius 1 is 0.500 bits per heavy atom. The maximum atomic E-state index is 3.96. The highest BCUT2D eigenvalue weighted by Gasteiger charge is 2.39. The van der Waals surface area contributed by atoms with Crippen molar-refractivity contribution in [1.82, 2.24) is 10.6 Å². The zero-order valence-electron chi connectivity index (χ0n) is 31.4. The molecule has 0 bridgehead atoms. The maximum absolute atomic E-state index is 3.96. The number of nitrogens with one attached hydrogen (secondary N) is 2. The van der Waals surface area contributed by atoms with Gasteiger partial charge >= 0.3 is 0 Å². The lowest BCUT2D eigenvalue weighted by Crippen LogP contribution is -2.40. The highest BCUT2D eigenvalue weighted by Crippen LogP contribution is 2.55. The lowest BCUT2D eigenvalue weighted by atomic mass is 9.80. The van der Waals surface area contributed by atoms with Crippen LogP contribution in [0.1, 0.15) is 53.9 Å². The first kappa shape index (κ1) is 33.2.